The van der Waals surface area contributed by atoms with Crippen LogP contribution in [0.3, 0.4) is 0 Å². The van der Waals surface area contributed by atoms with Gasteiger partial charge in [-0.1, -0.05) is 0 Å². The molecule has 1 N–H and O–H groups in total. The number of hydrogen-bond acceptors (Lipinski definition) is 4. The Morgan fingerprint density at radius 2 is 2.17 bits per heavy atom. The van der Waals surface area contributed by atoms with Crippen LogP contribution in [0.2, 0.25) is 0 Å². The molecule has 1 aromatic carbocycles. The van der Waals surface area contributed by atoms with E-state index < -0.39 is 15.8 Å². The summed E-state index contributed by atoms with van der Waals surface area (Å²) in [6, 6.07) is 3.78. The molecule has 2 aromatic rings. The number of nitrogens with one attached hydrogen (secondary N) is 1. The first-order valence-corrected chi connectivity index (χ1v) is 8.87. The van der Waals surface area contributed by atoms with Gasteiger partial charge in [0.15, 0.2) is 0 Å². The summed E-state index contributed by atoms with van der Waals surface area (Å²) in [5, 5.41) is 7.19. The van der Waals surface area contributed by atoms with Crippen LogP contribution in [-0.2, 0) is 10.0 Å². The molecule has 1 saturated heterocycles. The van der Waals surface area contributed by atoms with E-state index in [0.717, 1.165) is 11.6 Å². The fourth-order valence-electron chi connectivity index (χ4n) is 2.69. The summed E-state index contributed by atoms with van der Waals surface area (Å²) in [5.41, 5.74) is 1.13. The lowest BCUT2D eigenvalue weighted by molar-refractivity contribution is 0.284. The molecule has 8 heteroatoms. The minimum absolute atomic E-state index is 0.0311. The molecule has 124 valence electrons. The van der Waals surface area contributed by atoms with Crippen molar-refractivity contribution >= 4 is 10.0 Å². The molecular formula is C15H19FN4O2S. The number of piperazine rings is 1. The third kappa shape index (κ3) is 3.01. The summed E-state index contributed by atoms with van der Waals surface area (Å²) < 4.78 is 42.6. The van der Waals surface area contributed by atoms with Gasteiger partial charge in [0.2, 0.25) is 10.0 Å². The zero-order chi connectivity index (χ0) is 16.6. The Hall–Kier alpha value is -1.77. The van der Waals surface area contributed by atoms with Crippen molar-refractivity contribution in [2.45, 2.75) is 24.8 Å². The lowest BCUT2D eigenvalue weighted by Crippen LogP contribution is -2.52. The lowest BCUT2D eigenvalue weighted by atomic mass is 10.3. The van der Waals surface area contributed by atoms with Crippen LogP contribution in [0.1, 0.15) is 12.5 Å². The Morgan fingerprint density at radius 1 is 1.39 bits per heavy atom. The summed E-state index contributed by atoms with van der Waals surface area (Å²) >= 11 is 0. The van der Waals surface area contributed by atoms with Crippen LogP contribution in [-0.4, -0.2) is 48.2 Å². The highest BCUT2D eigenvalue weighted by Crippen LogP contribution is 2.23. The smallest absolute Gasteiger partial charge is 0.243 e. The van der Waals surface area contributed by atoms with Gasteiger partial charge in [-0.3, -0.25) is 0 Å². The number of halogens is 1. The summed E-state index contributed by atoms with van der Waals surface area (Å²) in [5.74, 6) is -0.614. The highest BCUT2D eigenvalue weighted by molar-refractivity contribution is 7.89. The van der Waals surface area contributed by atoms with Gasteiger partial charge in [0.1, 0.15) is 11.5 Å². The molecule has 6 nitrogen and oxygen atoms in total. The zero-order valence-corrected chi connectivity index (χ0v) is 13.8. The number of aryl methyl sites for hydroxylation is 1. The first-order chi connectivity index (χ1) is 10.9. The van der Waals surface area contributed by atoms with Gasteiger partial charge in [-0.25, -0.2) is 17.5 Å². The Kier molecular flexibility index (Phi) is 4.22. The molecule has 1 aromatic heterocycles. The first kappa shape index (κ1) is 16.1. The summed E-state index contributed by atoms with van der Waals surface area (Å²) in [4.78, 5) is -0.0311. The molecule has 0 spiro atoms. The SMILES string of the molecule is Cc1cnn(-c2ccc(S(=O)(=O)N3CCNC[C@H]3C)cc2F)c1. The fraction of sp³-hybridized carbons (Fsp3) is 0.400. The van der Waals surface area contributed by atoms with Crippen molar-refractivity contribution in [1.29, 1.82) is 0 Å². The van der Waals surface area contributed by atoms with Crippen molar-refractivity contribution in [3.63, 3.8) is 0 Å². The Bertz CT molecular complexity index is 819. The van der Waals surface area contributed by atoms with E-state index in [2.05, 4.69) is 10.4 Å². The molecule has 0 radical (unpaired) electrons. The Morgan fingerprint density at radius 3 is 2.78 bits per heavy atom. The second kappa shape index (κ2) is 6.03. The molecule has 1 aliphatic rings. The number of hydrogen-bond donors (Lipinski definition) is 1. The van der Waals surface area contributed by atoms with Crippen LogP contribution in [0.5, 0.6) is 0 Å². The van der Waals surface area contributed by atoms with E-state index in [1.807, 2.05) is 13.8 Å². The lowest BCUT2D eigenvalue weighted by Gasteiger charge is -2.32. The van der Waals surface area contributed by atoms with Crippen molar-refractivity contribution in [1.82, 2.24) is 19.4 Å². The quantitative estimate of drug-likeness (QED) is 0.916. The molecular weight excluding hydrogens is 319 g/mol. The van der Waals surface area contributed by atoms with E-state index >= 15 is 0 Å². The third-order valence-corrected chi connectivity index (χ3v) is 5.93. The normalized spacial score (nSPS) is 19.9. The summed E-state index contributed by atoms with van der Waals surface area (Å²) in [7, 11) is -3.70. The van der Waals surface area contributed by atoms with E-state index in [1.54, 1.807) is 12.4 Å². The molecule has 0 bridgehead atoms. The standard InChI is InChI=1S/C15H19FN4O2S/c1-11-8-18-19(10-11)15-4-3-13(7-14(15)16)23(21,22)20-6-5-17-9-12(20)2/h3-4,7-8,10,12,17H,5-6,9H2,1-2H3/t12-/m1/s1. The number of aromatic nitrogens is 2. The molecule has 1 atom stereocenters. The second-order valence-electron chi connectivity index (χ2n) is 5.74. The van der Waals surface area contributed by atoms with Crippen LogP contribution in [0.15, 0.2) is 35.5 Å². The molecule has 0 amide bonds. The maximum atomic E-state index is 14.4. The minimum atomic E-state index is -3.70. The van der Waals surface area contributed by atoms with Crippen LogP contribution in [0, 0.1) is 12.7 Å². The maximum Gasteiger partial charge on any atom is 0.243 e. The van der Waals surface area contributed by atoms with Crippen LogP contribution in [0.4, 0.5) is 4.39 Å². The van der Waals surface area contributed by atoms with Gasteiger partial charge in [-0.05, 0) is 37.6 Å². The maximum absolute atomic E-state index is 14.4. The molecule has 0 unspecified atom stereocenters. The van der Waals surface area contributed by atoms with Gasteiger partial charge in [0.25, 0.3) is 0 Å². The van der Waals surface area contributed by atoms with E-state index in [-0.39, 0.29) is 16.6 Å². The van der Waals surface area contributed by atoms with Gasteiger partial charge < -0.3 is 5.32 Å². The number of benzene rings is 1. The second-order valence-corrected chi connectivity index (χ2v) is 7.63. The molecule has 0 aliphatic carbocycles. The zero-order valence-electron chi connectivity index (χ0n) is 13.0. The van der Waals surface area contributed by atoms with E-state index in [0.29, 0.717) is 19.6 Å². The van der Waals surface area contributed by atoms with E-state index in [9.17, 15) is 12.8 Å². The molecule has 1 aliphatic heterocycles. The molecule has 1 fully saturated rings. The van der Waals surface area contributed by atoms with E-state index in [4.69, 9.17) is 0 Å². The van der Waals surface area contributed by atoms with Crippen molar-refractivity contribution < 1.29 is 12.8 Å². The van der Waals surface area contributed by atoms with Crippen LogP contribution < -0.4 is 5.32 Å². The Balaban J connectivity index is 1.96. The molecule has 2 heterocycles. The fourth-order valence-corrected chi connectivity index (χ4v) is 4.34. The van der Waals surface area contributed by atoms with Crippen molar-refractivity contribution in [3.8, 4) is 5.69 Å². The minimum Gasteiger partial charge on any atom is -0.314 e. The topological polar surface area (TPSA) is 67.2 Å². The molecule has 3 rings (SSSR count). The van der Waals surface area contributed by atoms with E-state index in [1.165, 1.54) is 21.1 Å². The van der Waals surface area contributed by atoms with Gasteiger partial charge in [0.05, 0.1) is 11.1 Å². The highest BCUT2D eigenvalue weighted by atomic mass is 32.2. The van der Waals surface area contributed by atoms with Crippen molar-refractivity contribution in [2.75, 3.05) is 19.6 Å². The van der Waals surface area contributed by atoms with Crippen LogP contribution in [0.25, 0.3) is 5.69 Å². The van der Waals surface area contributed by atoms with Crippen molar-refractivity contribution in [3.05, 3.63) is 42.0 Å². The molecule has 0 saturated carbocycles. The van der Waals surface area contributed by atoms with Crippen molar-refractivity contribution in [2.24, 2.45) is 0 Å². The first-order valence-electron chi connectivity index (χ1n) is 7.43. The number of nitrogens with zero attached hydrogens (tertiary/aromatic N) is 3. The monoisotopic (exact) mass is 338 g/mol. The average Bonchev–Trinajstić information content (AvgIpc) is 2.93. The predicted octanol–water partition coefficient (Wildman–Crippen LogP) is 1.30. The summed E-state index contributed by atoms with van der Waals surface area (Å²) in [6.07, 6.45) is 3.30. The van der Waals surface area contributed by atoms with Gasteiger partial charge in [0, 0.05) is 31.9 Å². The predicted molar refractivity (Wildman–Crippen MR) is 84.5 cm³/mol. The van der Waals surface area contributed by atoms with Gasteiger partial charge >= 0.3 is 0 Å². The highest BCUT2D eigenvalue weighted by Gasteiger charge is 2.31. The third-order valence-electron chi connectivity index (χ3n) is 3.92. The Labute approximate surface area is 135 Å². The summed E-state index contributed by atoms with van der Waals surface area (Å²) in [6.45, 7) is 5.25. The number of rotatable bonds is 3. The average molecular weight is 338 g/mol. The molecule has 23 heavy (non-hydrogen) atoms. The largest absolute Gasteiger partial charge is 0.314 e. The van der Waals surface area contributed by atoms with Gasteiger partial charge in [-0.15, -0.1) is 0 Å². The van der Waals surface area contributed by atoms with Gasteiger partial charge in [-0.2, -0.15) is 9.40 Å². The number of sulfonamides is 1. The van der Waals surface area contributed by atoms with Crippen LogP contribution >= 0.6 is 0 Å².